The molecule has 5 aromatic rings. The van der Waals surface area contributed by atoms with E-state index >= 15 is 0 Å². The lowest BCUT2D eigenvalue weighted by Crippen LogP contribution is -2.43. The van der Waals surface area contributed by atoms with Crippen LogP contribution in [0.25, 0.3) is 22.6 Å². The second-order valence-corrected chi connectivity index (χ2v) is 10.5. The number of hydrogen-bond acceptors (Lipinski definition) is 7. The van der Waals surface area contributed by atoms with Gasteiger partial charge in [0.25, 0.3) is 11.8 Å². The number of nitrogens with zero attached hydrogens (tertiary/aromatic N) is 1. The van der Waals surface area contributed by atoms with Gasteiger partial charge in [-0.25, -0.2) is 9.78 Å². The molecule has 6 rings (SSSR count). The van der Waals surface area contributed by atoms with Gasteiger partial charge in [0.2, 0.25) is 0 Å². The number of pyridine rings is 1. The summed E-state index contributed by atoms with van der Waals surface area (Å²) in [5, 5.41) is 2.42. The summed E-state index contributed by atoms with van der Waals surface area (Å²) in [7, 11) is 0. The first kappa shape index (κ1) is 26.9. The zero-order chi connectivity index (χ0) is 28.9. The van der Waals surface area contributed by atoms with Crippen LogP contribution in [0.3, 0.4) is 0 Å². The fourth-order valence-electron chi connectivity index (χ4n) is 4.84. The molecular formula is C33H25N3O5S. The molecule has 2 amide bonds. The SMILES string of the molecule is O=C(COC(=O)c1c2c(nc3ccccc13)C(=Cc1cccc(Oc3ccccc3)c1)CC2)NNC(=O)c1cccs1. The van der Waals surface area contributed by atoms with E-state index in [2.05, 4.69) is 16.9 Å². The number of para-hydroxylation sites is 2. The van der Waals surface area contributed by atoms with Gasteiger partial charge >= 0.3 is 5.97 Å². The zero-order valence-corrected chi connectivity index (χ0v) is 23.1. The summed E-state index contributed by atoms with van der Waals surface area (Å²) in [6.45, 7) is -0.550. The van der Waals surface area contributed by atoms with Gasteiger partial charge in [-0.2, -0.15) is 0 Å². The maximum atomic E-state index is 13.4. The monoisotopic (exact) mass is 575 g/mol. The van der Waals surface area contributed by atoms with Crippen LogP contribution in [0.4, 0.5) is 0 Å². The van der Waals surface area contributed by atoms with Crippen molar-refractivity contribution in [1.82, 2.24) is 15.8 Å². The Morgan fingerprint density at radius 1 is 0.857 bits per heavy atom. The van der Waals surface area contributed by atoms with Crippen molar-refractivity contribution in [3.63, 3.8) is 0 Å². The highest BCUT2D eigenvalue weighted by Crippen LogP contribution is 2.38. The van der Waals surface area contributed by atoms with Gasteiger partial charge in [0.15, 0.2) is 6.61 Å². The van der Waals surface area contributed by atoms with Crippen LogP contribution in [0.5, 0.6) is 11.5 Å². The fourth-order valence-corrected chi connectivity index (χ4v) is 5.46. The molecule has 2 aromatic heterocycles. The summed E-state index contributed by atoms with van der Waals surface area (Å²) in [4.78, 5) is 43.1. The Morgan fingerprint density at radius 3 is 2.50 bits per heavy atom. The first-order valence-electron chi connectivity index (χ1n) is 13.3. The van der Waals surface area contributed by atoms with Crippen molar-refractivity contribution in [3.8, 4) is 11.5 Å². The molecule has 42 heavy (non-hydrogen) atoms. The van der Waals surface area contributed by atoms with E-state index in [1.807, 2.05) is 78.9 Å². The topological polar surface area (TPSA) is 107 Å². The molecule has 3 aromatic carbocycles. The Bertz CT molecular complexity index is 1820. The molecule has 1 aliphatic carbocycles. The van der Waals surface area contributed by atoms with E-state index in [9.17, 15) is 14.4 Å². The Labute approximate surface area is 245 Å². The van der Waals surface area contributed by atoms with Gasteiger partial charge in [0, 0.05) is 5.39 Å². The summed E-state index contributed by atoms with van der Waals surface area (Å²) in [5.41, 5.74) is 9.13. The number of hydrazine groups is 1. The van der Waals surface area contributed by atoms with Crippen molar-refractivity contribution in [2.45, 2.75) is 12.8 Å². The Morgan fingerprint density at radius 2 is 1.67 bits per heavy atom. The number of allylic oxidation sites excluding steroid dienone is 1. The molecule has 1 aliphatic rings. The molecule has 0 fully saturated rings. The van der Waals surface area contributed by atoms with Crippen LogP contribution in [-0.4, -0.2) is 29.4 Å². The van der Waals surface area contributed by atoms with Gasteiger partial charge in [-0.05, 0) is 77.4 Å². The predicted molar refractivity (Wildman–Crippen MR) is 161 cm³/mol. The number of hydrogen-bond donors (Lipinski definition) is 2. The number of esters is 1. The van der Waals surface area contributed by atoms with Crippen LogP contribution in [0.1, 0.15) is 43.3 Å². The fraction of sp³-hybridized carbons (Fsp3) is 0.0909. The largest absolute Gasteiger partial charge is 0.457 e. The smallest absolute Gasteiger partial charge is 0.339 e. The average Bonchev–Trinajstić information content (AvgIpc) is 3.69. The summed E-state index contributed by atoms with van der Waals surface area (Å²) in [6, 6.07) is 28.1. The molecule has 0 radical (unpaired) electrons. The number of fused-ring (bicyclic) bond motifs is 2. The zero-order valence-electron chi connectivity index (χ0n) is 22.3. The average molecular weight is 576 g/mol. The number of ether oxygens (including phenoxy) is 2. The van der Waals surface area contributed by atoms with Crippen LogP contribution >= 0.6 is 11.3 Å². The van der Waals surface area contributed by atoms with Crippen molar-refractivity contribution < 1.29 is 23.9 Å². The van der Waals surface area contributed by atoms with E-state index in [0.29, 0.717) is 34.2 Å². The summed E-state index contributed by atoms with van der Waals surface area (Å²) < 4.78 is 11.4. The molecule has 0 bridgehead atoms. The number of benzene rings is 3. The highest BCUT2D eigenvalue weighted by Gasteiger charge is 2.28. The molecule has 0 atom stereocenters. The molecule has 0 aliphatic heterocycles. The summed E-state index contributed by atoms with van der Waals surface area (Å²) >= 11 is 1.25. The number of aromatic nitrogens is 1. The molecular weight excluding hydrogens is 550 g/mol. The number of carbonyl (C=O) groups is 3. The molecule has 8 nitrogen and oxygen atoms in total. The highest BCUT2D eigenvalue weighted by atomic mass is 32.1. The lowest BCUT2D eigenvalue weighted by atomic mass is 10.0. The van der Waals surface area contributed by atoms with Gasteiger partial charge < -0.3 is 9.47 Å². The summed E-state index contributed by atoms with van der Waals surface area (Å²) in [5.74, 6) is -0.248. The lowest BCUT2D eigenvalue weighted by Gasteiger charge is -2.13. The van der Waals surface area contributed by atoms with Crippen LogP contribution < -0.4 is 15.6 Å². The molecule has 9 heteroatoms. The van der Waals surface area contributed by atoms with Gasteiger partial charge in [0.05, 0.1) is 21.7 Å². The van der Waals surface area contributed by atoms with E-state index in [1.165, 1.54) is 11.3 Å². The van der Waals surface area contributed by atoms with Gasteiger partial charge in [0.1, 0.15) is 11.5 Å². The van der Waals surface area contributed by atoms with Crippen LogP contribution in [0.15, 0.2) is 96.4 Å². The van der Waals surface area contributed by atoms with Crippen LogP contribution in [0.2, 0.25) is 0 Å². The molecule has 0 saturated heterocycles. The first-order chi connectivity index (χ1) is 20.5. The number of thiophene rings is 1. The van der Waals surface area contributed by atoms with E-state index in [4.69, 9.17) is 14.5 Å². The van der Waals surface area contributed by atoms with Crippen molar-refractivity contribution in [2.24, 2.45) is 0 Å². The van der Waals surface area contributed by atoms with Crippen LogP contribution in [-0.2, 0) is 16.0 Å². The molecule has 0 spiro atoms. The number of nitrogens with one attached hydrogen (secondary N) is 2. The molecule has 208 valence electrons. The third-order valence-corrected chi connectivity index (χ3v) is 7.59. The van der Waals surface area contributed by atoms with E-state index in [-0.39, 0.29) is 0 Å². The molecule has 2 N–H and O–H groups in total. The Hall–Kier alpha value is -5.28. The van der Waals surface area contributed by atoms with Crippen molar-refractivity contribution in [3.05, 3.63) is 124 Å². The van der Waals surface area contributed by atoms with E-state index in [0.717, 1.165) is 33.9 Å². The van der Waals surface area contributed by atoms with Crippen molar-refractivity contribution in [1.29, 1.82) is 0 Å². The minimum atomic E-state index is -0.651. The molecule has 2 heterocycles. The highest BCUT2D eigenvalue weighted by molar-refractivity contribution is 7.12. The Kier molecular flexibility index (Phi) is 7.74. The van der Waals surface area contributed by atoms with Gasteiger partial charge in [-0.3, -0.25) is 20.4 Å². The molecule has 0 unspecified atom stereocenters. The molecule has 0 saturated carbocycles. The second kappa shape index (κ2) is 12.1. The van der Waals surface area contributed by atoms with Crippen molar-refractivity contribution in [2.75, 3.05) is 6.61 Å². The number of amides is 2. The Balaban J connectivity index is 1.22. The van der Waals surface area contributed by atoms with Gasteiger partial charge in [-0.15, -0.1) is 11.3 Å². The minimum Gasteiger partial charge on any atom is -0.457 e. The number of rotatable bonds is 7. The number of carbonyl (C=O) groups excluding carboxylic acids is 3. The second-order valence-electron chi connectivity index (χ2n) is 9.54. The minimum absolute atomic E-state index is 0.399. The predicted octanol–water partition coefficient (Wildman–Crippen LogP) is 6.19. The maximum Gasteiger partial charge on any atom is 0.339 e. The van der Waals surface area contributed by atoms with Crippen molar-refractivity contribution >= 4 is 51.7 Å². The maximum absolute atomic E-state index is 13.4. The van der Waals surface area contributed by atoms with Gasteiger partial charge in [-0.1, -0.05) is 54.6 Å². The normalized spacial score (nSPS) is 13.0. The first-order valence-corrected chi connectivity index (χ1v) is 14.2. The third-order valence-electron chi connectivity index (χ3n) is 6.72. The third kappa shape index (κ3) is 5.91. The van der Waals surface area contributed by atoms with Crippen LogP contribution in [0, 0.1) is 0 Å². The quantitative estimate of drug-likeness (QED) is 0.177. The summed E-state index contributed by atoms with van der Waals surface area (Å²) in [6.07, 6.45) is 3.36. The van der Waals surface area contributed by atoms with E-state index < -0.39 is 24.4 Å². The lowest BCUT2D eigenvalue weighted by molar-refractivity contribution is -0.125. The standard InChI is InChI=1S/C33H25N3O5S/c37-29(35-36-32(38)28-14-7-17-42-28)20-40-33(39)30-25-12-4-5-13-27(25)34-31-22(15-16-26(30)31)18-21-8-6-11-24(19-21)41-23-9-2-1-3-10-23/h1-14,17-19H,15-16,20H2,(H,35,37)(H,36,38). The van der Waals surface area contributed by atoms with E-state index in [1.54, 1.807) is 17.5 Å².